The molecule has 1 unspecified atom stereocenters. The van der Waals surface area contributed by atoms with Gasteiger partial charge in [-0.1, -0.05) is 0 Å². The van der Waals surface area contributed by atoms with E-state index in [4.69, 9.17) is 4.74 Å². The van der Waals surface area contributed by atoms with E-state index in [2.05, 4.69) is 44.4 Å². The fourth-order valence-electron chi connectivity index (χ4n) is 1.37. The third-order valence-electron chi connectivity index (χ3n) is 2.43. The average Bonchev–Trinajstić information content (AvgIpc) is 2.70. The standard InChI is InChI=1S/C13H24N2OS/c1-10(7-15-13(2,3)4)14-8-12-6-11(16-5)9-17-12/h6,9-10,14-15H,7-8H2,1-5H3. The van der Waals surface area contributed by atoms with Crippen LogP contribution in [0.3, 0.4) is 0 Å². The number of hydrogen-bond acceptors (Lipinski definition) is 4. The van der Waals surface area contributed by atoms with Crippen LogP contribution in [0.15, 0.2) is 11.4 Å². The summed E-state index contributed by atoms with van der Waals surface area (Å²) in [5.41, 5.74) is 0.183. The minimum atomic E-state index is 0.183. The molecule has 4 heteroatoms. The number of nitrogens with one attached hydrogen (secondary N) is 2. The summed E-state index contributed by atoms with van der Waals surface area (Å²) in [6.07, 6.45) is 0. The number of methoxy groups -OCH3 is 1. The molecule has 0 saturated carbocycles. The third-order valence-corrected chi connectivity index (χ3v) is 3.34. The van der Waals surface area contributed by atoms with Crippen LogP contribution in [0.4, 0.5) is 0 Å². The van der Waals surface area contributed by atoms with Gasteiger partial charge < -0.3 is 15.4 Å². The van der Waals surface area contributed by atoms with Crippen LogP contribution < -0.4 is 15.4 Å². The van der Waals surface area contributed by atoms with Gasteiger partial charge in [0, 0.05) is 34.9 Å². The second-order valence-corrected chi connectivity index (χ2v) is 6.36. The summed E-state index contributed by atoms with van der Waals surface area (Å²) < 4.78 is 5.16. The Bertz CT molecular complexity index is 330. The molecule has 17 heavy (non-hydrogen) atoms. The molecule has 1 heterocycles. The largest absolute Gasteiger partial charge is 0.496 e. The van der Waals surface area contributed by atoms with Crippen molar-refractivity contribution in [1.29, 1.82) is 0 Å². The molecule has 3 nitrogen and oxygen atoms in total. The van der Waals surface area contributed by atoms with Gasteiger partial charge in [0.15, 0.2) is 0 Å². The Balaban J connectivity index is 2.25. The van der Waals surface area contributed by atoms with Crippen LogP contribution in [0.5, 0.6) is 5.75 Å². The van der Waals surface area contributed by atoms with Gasteiger partial charge >= 0.3 is 0 Å². The SMILES string of the molecule is COc1csc(CNC(C)CNC(C)(C)C)c1. The number of hydrogen-bond donors (Lipinski definition) is 2. The van der Waals surface area contributed by atoms with Crippen molar-refractivity contribution in [3.63, 3.8) is 0 Å². The van der Waals surface area contributed by atoms with Gasteiger partial charge in [-0.05, 0) is 33.8 Å². The molecule has 0 aliphatic carbocycles. The summed E-state index contributed by atoms with van der Waals surface area (Å²) >= 11 is 1.73. The smallest absolute Gasteiger partial charge is 0.129 e. The van der Waals surface area contributed by atoms with Crippen molar-refractivity contribution in [1.82, 2.24) is 10.6 Å². The van der Waals surface area contributed by atoms with Gasteiger partial charge in [-0.3, -0.25) is 0 Å². The summed E-state index contributed by atoms with van der Waals surface area (Å²) in [4.78, 5) is 1.31. The Kier molecular flexibility index (Phi) is 5.43. The van der Waals surface area contributed by atoms with Crippen molar-refractivity contribution in [2.24, 2.45) is 0 Å². The maximum Gasteiger partial charge on any atom is 0.129 e. The summed E-state index contributed by atoms with van der Waals surface area (Å²) in [5, 5.41) is 9.03. The first-order valence-electron chi connectivity index (χ1n) is 6.00. The predicted molar refractivity (Wildman–Crippen MR) is 74.9 cm³/mol. The molecule has 0 spiro atoms. The van der Waals surface area contributed by atoms with E-state index in [9.17, 15) is 0 Å². The highest BCUT2D eigenvalue weighted by Crippen LogP contribution is 2.20. The van der Waals surface area contributed by atoms with Gasteiger partial charge in [0.25, 0.3) is 0 Å². The first-order valence-corrected chi connectivity index (χ1v) is 6.88. The number of rotatable bonds is 6. The van der Waals surface area contributed by atoms with Crippen LogP contribution in [0.1, 0.15) is 32.6 Å². The molecular formula is C13H24N2OS. The summed E-state index contributed by atoms with van der Waals surface area (Å²) in [6.45, 7) is 10.6. The molecule has 0 bridgehead atoms. The van der Waals surface area contributed by atoms with E-state index in [0.29, 0.717) is 6.04 Å². The molecular weight excluding hydrogens is 232 g/mol. The molecule has 0 aliphatic heterocycles. The van der Waals surface area contributed by atoms with Gasteiger partial charge in [0.1, 0.15) is 5.75 Å². The zero-order chi connectivity index (χ0) is 12.9. The molecule has 0 amide bonds. The molecule has 0 aliphatic rings. The monoisotopic (exact) mass is 256 g/mol. The summed E-state index contributed by atoms with van der Waals surface area (Å²) in [7, 11) is 1.70. The van der Waals surface area contributed by atoms with Crippen LogP contribution in [0.25, 0.3) is 0 Å². The van der Waals surface area contributed by atoms with E-state index in [1.165, 1.54) is 4.88 Å². The van der Waals surface area contributed by atoms with Crippen molar-refractivity contribution >= 4 is 11.3 Å². The minimum absolute atomic E-state index is 0.183. The molecule has 0 aromatic carbocycles. The highest BCUT2D eigenvalue weighted by Gasteiger charge is 2.10. The van der Waals surface area contributed by atoms with Crippen molar-refractivity contribution in [2.75, 3.05) is 13.7 Å². The second kappa shape index (κ2) is 6.38. The van der Waals surface area contributed by atoms with Gasteiger partial charge in [0.2, 0.25) is 0 Å². The van der Waals surface area contributed by atoms with E-state index < -0.39 is 0 Å². The first-order chi connectivity index (χ1) is 7.90. The van der Waals surface area contributed by atoms with Crippen LogP contribution in [-0.4, -0.2) is 25.2 Å². The molecule has 0 fully saturated rings. The molecule has 1 rings (SSSR count). The number of thiophene rings is 1. The topological polar surface area (TPSA) is 33.3 Å². The molecule has 2 N–H and O–H groups in total. The maximum absolute atomic E-state index is 5.16. The van der Waals surface area contributed by atoms with Crippen LogP contribution >= 0.6 is 11.3 Å². The van der Waals surface area contributed by atoms with Crippen molar-refractivity contribution in [2.45, 2.75) is 45.8 Å². The molecule has 0 radical (unpaired) electrons. The van der Waals surface area contributed by atoms with Crippen LogP contribution in [0.2, 0.25) is 0 Å². The quantitative estimate of drug-likeness (QED) is 0.821. The van der Waals surface area contributed by atoms with Crippen molar-refractivity contribution in [3.8, 4) is 5.75 Å². The van der Waals surface area contributed by atoms with E-state index in [1.807, 2.05) is 5.38 Å². The molecule has 1 atom stereocenters. The second-order valence-electron chi connectivity index (χ2n) is 5.37. The first kappa shape index (κ1) is 14.5. The molecule has 98 valence electrons. The summed E-state index contributed by atoms with van der Waals surface area (Å²) in [6, 6.07) is 2.55. The fraction of sp³-hybridized carbons (Fsp3) is 0.692. The highest BCUT2D eigenvalue weighted by atomic mass is 32.1. The highest BCUT2D eigenvalue weighted by molar-refractivity contribution is 7.10. The van der Waals surface area contributed by atoms with Gasteiger partial charge in [0.05, 0.1) is 7.11 Å². The summed E-state index contributed by atoms with van der Waals surface area (Å²) in [5.74, 6) is 0.951. The van der Waals surface area contributed by atoms with Gasteiger partial charge in [-0.2, -0.15) is 0 Å². The Morgan fingerprint density at radius 3 is 2.65 bits per heavy atom. The Morgan fingerprint density at radius 2 is 2.12 bits per heavy atom. The maximum atomic E-state index is 5.16. The predicted octanol–water partition coefficient (Wildman–Crippen LogP) is 2.62. The Hall–Kier alpha value is -0.580. The Labute approximate surface area is 109 Å². The lowest BCUT2D eigenvalue weighted by Crippen LogP contribution is -2.44. The lowest BCUT2D eigenvalue weighted by molar-refractivity contribution is 0.387. The van der Waals surface area contributed by atoms with E-state index in [-0.39, 0.29) is 5.54 Å². The van der Waals surface area contributed by atoms with Crippen LogP contribution in [0, 0.1) is 0 Å². The average molecular weight is 256 g/mol. The minimum Gasteiger partial charge on any atom is -0.496 e. The Morgan fingerprint density at radius 1 is 1.41 bits per heavy atom. The zero-order valence-corrected chi connectivity index (χ0v) is 12.3. The fourth-order valence-corrected chi connectivity index (χ4v) is 2.15. The van der Waals surface area contributed by atoms with E-state index >= 15 is 0 Å². The lowest BCUT2D eigenvalue weighted by Gasteiger charge is -2.23. The van der Waals surface area contributed by atoms with E-state index in [0.717, 1.165) is 18.8 Å². The molecule has 1 aromatic rings. The zero-order valence-electron chi connectivity index (χ0n) is 11.5. The third kappa shape index (κ3) is 6.05. The van der Waals surface area contributed by atoms with Crippen molar-refractivity contribution < 1.29 is 4.74 Å². The normalized spacial score (nSPS) is 13.7. The van der Waals surface area contributed by atoms with Crippen molar-refractivity contribution in [3.05, 3.63) is 16.3 Å². The van der Waals surface area contributed by atoms with E-state index in [1.54, 1.807) is 18.4 Å². The van der Waals surface area contributed by atoms with Crippen LogP contribution in [-0.2, 0) is 6.54 Å². The molecule has 1 aromatic heterocycles. The molecule has 0 saturated heterocycles. The van der Waals surface area contributed by atoms with Gasteiger partial charge in [-0.15, -0.1) is 11.3 Å². The number of ether oxygens (including phenoxy) is 1. The lowest BCUT2D eigenvalue weighted by atomic mass is 10.1. The van der Waals surface area contributed by atoms with Gasteiger partial charge in [-0.25, -0.2) is 0 Å².